The number of benzene rings is 2. The summed E-state index contributed by atoms with van der Waals surface area (Å²) in [6, 6.07) is 12.8. The Morgan fingerprint density at radius 1 is 1.00 bits per heavy atom. The highest BCUT2D eigenvalue weighted by molar-refractivity contribution is 7.89. The zero-order valence-corrected chi connectivity index (χ0v) is 19.2. The van der Waals surface area contributed by atoms with Crippen LogP contribution in [0.5, 0.6) is 5.75 Å². The SMILES string of the molecule is Cc1ccc(CCC(=O)NCCOc2ccc(S(=O)(=O)N3CCCCC3)cc2)cc1C. The second-order valence-electron chi connectivity index (χ2n) is 8.05. The van der Waals surface area contributed by atoms with Crippen molar-refractivity contribution in [2.75, 3.05) is 26.2 Å². The number of nitrogens with one attached hydrogen (secondary N) is 1. The molecule has 0 atom stereocenters. The van der Waals surface area contributed by atoms with E-state index in [0.29, 0.717) is 49.7 Å². The van der Waals surface area contributed by atoms with Crippen molar-refractivity contribution in [1.82, 2.24) is 9.62 Å². The Morgan fingerprint density at radius 3 is 2.39 bits per heavy atom. The molecule has 0 aromatic heterocycles. The first-order valence-electron chi connectivity index (χ1n) is 10.9. The number of nitrogens with zero attached hydrogens (tertiary/aromatic N) is 1. The largest absolute Gasteiger partial charge is 0.492 e. The number of carbonyl (C=O) groups excluding carboxylic acids is 1. The van der Waals surface area contributed by atoms with Crippen LogP contribution in [-0.2, 0) is 21.2 Å². The number of aryl methyl sites for hydroxylation is 3. The van der Waals surface area contributed by atoms with Crippen molar-refractivity contribution >= 4 is 15.9 Å². The molecule has 1 heterocycles. The highest BCUT2D eigenvalue weighted by atomic mass is 32.2. The predicted octanol–water partition coefficient (Wildman–Crippen LogP) is 3.61. The van der Waals surface area contributed by atoms with Crippen LogP contribution in [0.4, 0.5) is 0 Å². The molecule has 2 aromatic carbocycles. The minimum Gasteiger partial charge on any atom is -0.492 e. The highest BCUT2D eigenvalue weighted by Crippen LogP contribution is 2.22. The van der Waals surface area contributed by atoms with Crippen molar-refractivity contribution in [3.05, 3.63) is 59.2 Å². The summed E-state index contributed by atoms with van der Waals surface area (Å²) in [5.74, 6) is 0.576. The first-order valence-corrected chi connectivity index (χ1v) is 12.4. The number of rotatable bonds is 9. The summed E-state index contributed by atoms with van der Waals surface area (Å²) in [5, 5.41) is 2.86. The van der Waals surface area contributed by atoms with Crippen LogP contribution in [-0.4, -0.2) is 44.9 Å². The maximum atomic E-state index is 12.7. The van der Waals surface area contributed by atoms with E-state index < -0.39 is 10.0 Å². The van der Waals surface area contributed by atoms with Crippen molar-refractivity contribution in [2.45, 2.75) is 50.8 Å². The van der Waals surface area contributed by atoms with Gasteiger partial charge >= 0.3 is 0 Å². The molecule has 1 aliphatic rings. The van der Waals surface area contributed by atoms with Gasteiger partial charge in [-0.3, -0.25) is 4.79 Å². The molecule has 168 valence electrons. The van der Waals surface area contributed by atoms with E-state index in [9.17, 15) is 13.2 Å². The second-order valence-corrected chi connectivity index (χ2v) is 9.99. The number of piperidine rings is 1. The van der Waals surface area contributed by atoms with Gasteiger partial charge in [0.15, 0.2) is 0 Å². The van der Waals surface area contributed by atoms with Crippen molar-refractivity contribution in [3.8, 4) is 5.75 Å². The Kier molecular flexibility index (Phi) is 8.09. The lowest BCUT2D eigenvalue weighted by atomic mass is 10.0. The molecule has 0 radical (unpaired) electrons. The molecule has 2 aromatic rings. The van der Waals surface area contributed by atoms with Gasteiger partial charge in [-0.15, -0.1) is 0 Å². The Balaban J connectivity index is 1.39. The molecule has 7 heteroatoms. The third kappa shape index (κ3) is 6.55. The first-order chi connectivity index (χ1) is 14.9. The van der Waals surface area contributed by atoms with Gasteiger partial charge in [-0.1, -0.05) is 24.6 Å². The molecular weight excluding hydrogens is 412 g/mol. The smallest absolute Gasteiger partial charge is 0.243 e. The molecule has 31 heavy (non-hydrogen) atoms. The fourth-order valence-corrected chi connectivity index (χ4v) is 5.14. The van der Waals surface area contributed by atoms with Crippen LogP contribution in [0.1, 0.15) is 42.4 Å². The average Bonchev–Trinajstić information content (AvgIpc) is 2.78. The van der Waals surface area contributed by atoms with Gasteiger partial charge in [0.25, 0.3) is 0 Å². The van der Waals surface area contributed by atoms with Crippen molar-refractivity contribution < 1.29 is 17.9 Å². The van der Waals surface area contributed by atoms with E-state index in [4.69, 9.17) is 4.74 Å². The maximum absolute atomic E-state index is 12.7. The lowest BCUT2D eigenvalue weighted by Gasteiger charge is -2.25. The fraction of sp³-hybridized carbons (Fsp3) is 0.458. The maximum Gasteiger partial charge on any atom is 0.243 e. The van der Waals surface area contributed by atoms with Gasteiger partial charge in [-0.05, 0) is 74.1 Å². The number of hydrogen-bond donors (Lipinski definition) is 1. The molecule has 3 rings (SSSR count). The van der Waals surface area contributed by atoms with Gasteiger partial charge in [0, 0.05) is 19.5 Å². The third-order valence-corrected chi connectivity index (χ3v) is 7.59. The number of carbonyl (C=O) groups is 1. The minimum atomic E-state index is -3.43. The van der Waals surface area contributed by atoms with Crippen molar-refractivity contribution in [3.63, 3.8) is 0 Å². The third-order valence-electron chi connectivity index (χ3n) is 5.68. The molecule has 0 bridgehead atoms. The van der Waals surface area contributed by atoms with Gasteiger partial charge in [-0.25, -0.2) is 8.42 Å². The van der Waals surface area contributed by atoms with Crippen LogP contribution in [0.2, 0.25) is 0 Å². The minimum absolute atomic E-state index is 0.00944. The van der Waals surface area contributed by atoms with E-state index in [0.717, 1.165) is 24.8 Å². The zero-order chi connectivity index (χ0) is 22.3. The van der Waals surface area contributed by atoms with Crippen LogP contribution < -0.4 is 10.1 Å². The molecule has 1 fully saturated rings. The average molecular weight is 445 g/mol. The highest BCUT2D eigenvalue weighted by Gasteiger charge is 2.25. The molecule has 0 saturated carbocycles. The monoisotopic (exact) mass is 444 g/mol. The van der Waals surface area contributed by atoms with Gasteiger partial charge in [0.2, 0.25) is 15.9 Å². The fourth-order valence-electron chi connectivity index (χ4n) is 3.63. The van der Waals surface area contributed by atoms with Crippen molar-refractivity contribution in [1.29, 1.82) is 0 Å². The molecule has 1 saturated heterocycles. The molecule has 1 N–H and O–H groups in total. The van der Waals surface area contributed by atoms with Crippen LogP contribution in [0.15, 0.2) is 47.4 Å². The normalized spacial score (nSPS) is 14.9. The van der Waals surface area contributed by atoms with E-state index in [2.05, 4.69) is 37.4 Å². The molecular formula is C24H32N2O4S. The summed E-state index contributed by atoms with van der Waals surface area (Å²) in [6.45, 7) is 6.06. The zero-order valence-electron chi connectivity index (χ0n) is 18.4. The Labute approximate surface area is 185 Å². The number of amides is 1. The summed E-state index contributed by atoms with van der Waals surface area (Å²) >= 11 is 0. The Bertz CT molecular complexity index is 981. The van der Waals surface area contributed by atoms with Crippen LogP contribution >= 0.6 is 0 Å². The quantitative estimate of drug-likeness (QED) is 0.600. The molecule has 1 aliphatic heterocycles. The second kappa shape index (κ2) is 10.8. The number of ether oxygens (including phenoxy) is 1. The van der Waals surface area contributed by atoms with Gasteiger partial charge in [-0.2, -0.15) is 4.31 Å². The number of sulfonamides is 1. The van der Waals surface area contributed by atoms with Gasteiger partial charge in [0.05, 0.1) is 11.4 Å². The van der Waals surface area contributed by atoms with Gasteiger partial charge < -0.3 is 10.1 Å². The number of hydrogen-bond acceptors (Lipinski definition) is 4. The van der Waals surface area contributed by atoms with E-state index in [1.54, 1.807) is 28.6 Å². The van der Waals surface area contributed by atoms with E-state index >= 15 is 0 Å². The van der Waals surface area contributed by atoms with Crippen LogP contribution in [0.3, 0.4) is 0 Å². The van der Waals surface area contributed by atoms with Crippen molar-refractivity contribution in [2.24, 2.45) is 0 Å². The standard InChI is InChI=1S/C24H32N2O4S/c1-19-6-7-21(18-20(19)2)8-13-24(27)25-14-17-30-22-9-11-23(12-10-22)31(28,29)26-15-4-3-5-16-26/h6-7,9-12,18H,3-5,8,13-17H2,1-2H3,(H,25,27). The van der Waals surface area contributed by atoms with Crippen LogP contribution in [0.25, 0.3) is 0 Å². The van der Waals surface area contributed by atoms with E-state index in [1.807, 2.05) is 0 Å². The molecule has 0 spiro atoms. The van der Waals surface area contributed by atoms with Gasteiger partial charge in [0.1, 0.15) is 12.4 Å². The topological polar surface area (TPSA) is 75.7 Å². The Morgan fingerprint density at radius 2 is 1.71 bits per heavy atom. The van der Waals surface area contributed by atoms with E-state index in [-0.39, 0.29) is 5.91 Å². The lowest BCUT2D eigenvalue weighted by molar-refractivity contribution is -0.121. The summed E-state index contributed by atoms with van der Waals surface area (Å²) in [6.07, 6.45) is 4.06. The lowest BCUT2D eigenvalue weighted by Crippen LogP contribution is -2.35. The molecule has 6 nitrogen and oxygen atoms in total. The van der Waals surface area contributed by atoms with Crippen LogP contribution in [0, 0.1) is 13.8 Å². The predicted molar refractivity (Wildman–Crippen MR) is 122 cm³/mol. The summed E-state index contributed by atoms with van der Waals surface area (Å²) < 4.78 is 32.5. The molecule has 1 amide bonds. The van der Waals surface area contributed by atoms with E-state index in [1.165, 1.54) is 11.1 Å². The summed E-state index contributed by atoms with van der Waals surface area (Å²) in [4.78, 5) is 12.3. The molecule has 0 unspecified atom stereocenters. The summed E-state index contributed by atoms with van der Waals surface area (Å²) in [5.41, 5.74) is 3.65. The molecule has 0 aliphatic carbocycles. The summed E-state index contributed by atoms with van der Waals surface area (Å²) in [7, 11) is -3.43. The Hall–Kier alpha value is -2.38. The first kappa shape index (κ1) is 23.3.